The van der Waals surface area contributed by atoms with Crippen molar-refractivity contribution in [1.29, 1.82) is 0 Å². The Morgan fingerprint density at radius 2 is 1.94 bits per heavy atom. The van der Waals surface area contributed by atoms with Gasteiger partial charge in [0.15, 0.2) is 0 Å². The molecular weight excluding hydrogens is 210 g/mol. The van der Waals surface area contributed by atoms with Gasteiger partial charge in [0, 0.05) is 13.2 Å². The summed E-state index contributed by atoms with van der Waals surface area (Å²) < 4.78 is 5.45. The molecular formula is C15H31NO. The number of nitrogens with one attached hydrogen (secondary N) is 1. The van der Waals surface area contributed by atoms with E-state index in [-0.39, 0.29) is 0 Å². The van der Waals surface area contributed by atoms with Crippen LogP contribution in [0.25, 0.3) is 0 Å². The summed E-state index contributed by atoms with van der Waals surface area (Å²) >= 11 is 0. The van der Waals surface area contributed by atoms with Crippen LogP contribution in [-0.2, 0) is 4.74 Å². The van der Waals surface area contributed by atoms with Crippen molar-refractivity contribution in [3.63, 3.8) is 0 Å². The van der Waals surface area contributed by atoms with Crippen molar-refractivity contribution in [3.05, 3.63) is 0 Å². The fourth-order valence-electron chi connectivity index (χ4n) is 2.87. The summed E-state index contributed by atoms with van der Waals surface area (Å²) in [6.07, 6.45) is 6.57. The first-order valence-electron chi connectivity index (χ1n) is 7.50. The molecule has 0 radical (unpaired) electrons. The highest BCUT2D eigenvalue weighted by atomic mass is 16.5. The van der Waals surface area contributed by atoms with E-state index in [0.717, 1.165) is 31.0 Å². The van der Waals surface area contributed by atoms with E-state index >= 15 is 0 Å². The van der Waals surface area contributed by atoms with Gasteiger partial charge in [-0.05, 0) is 62.9 Å². The number of ether oxygens (including phenoxy) is 1. The molecule has 2 heteroatoms. The predicted molar refractivity (Wildman–Crippen MR) is 74.3 cm³/mol. The first-order valence-corrected chi connectivity index (χ1v) is 7.50. The second kappa shape index (κ2) is 8.93. The molecule has 1 unspecified atom stereocenters. The van der Waals surface area contributed by atoms with Crippen molar-refractivity contribution in [2.45, 2.75) is 52.9 Å². The molecule has 17 heavy (non-hydrogen) atoms. The molecule has 1 aliphatic rings. The standard InChI is InChI=1S/C15H31NO/c1-4-7-16-12-15(10-13(2)3)11-14-5-8-17-9-6-14/h13-16H,4-12H2,1-3H3. The zero-order chi connectivity index (χ0) is 12.5. The Hall–Kier alpha value is -0.0800. The van der Waals surface area contributed by atoms with Crippen molar-refractivity contribution in [2.75, 3.05) is 26.3 Å². The van der Waals surface area contributed by atoms with Crippen molar-refractivity contribution < 1.29 is 4.74 Å². The van der Waals surface area contributed by atoms with Crippen molar-refractivity contribution in [3.8, 4) is 0 Å². The van der Waals surface area contributed by atoms with E-state index in [2.05, 4.69) is 26.1 Å². The highest BCUT2D eigenvalue weighted by Gasteiger charge is 2.19. The molecule has 1 atom stereocenters. The summed E-state index contributed by atoms with van der Waals surface area (Å²) in [5.74, 6) is 2.60. The van der Waals surface area contributed by atoms with Gasteiger partial charge in [0.25, 0.3) is 0 Å². The van der Waals surface area contributed by atoms with E-state index in [1.807, 2.05) is 0 Å². The Kier molecular flexibility index (Phi) is 7.87. The van der Waals surface area contributed by atoms with Gasteiger partial charge in [-0.15, -0.1) is 0 Å². The minimum Gasteiger partial charge on any atom is -0.381 e. The predicted octanol–water partition coefficient (Wildman–Crippen LogP) is 3.47. The Morgan fingerprint density at radius 3 is 2.53 bits per heavy atom. The molecule has 1 aliphatic heterocycles. The van der Waals surface area contributed by atoms with Gasteiger partial charge in [0.2, 0.25) is 0 Å². The molecule has 0 saturated carbocycles. The van der Waals surface area contributed by atoms with Crippen LogP contribution < -0.4 is 5.32 Å². The number of hydrogen-bond donors (Lipinski definition) is 1. The van der Waals surface area contributed by atoms with E-state index in [0.29, 0.717) is 0 Å². The van der Waals surface area contributed by atoms with Crippen LogP contribution in [0.2, 0.25) is 0 Å². The van der Waals surface area contributed by atoms with Gasteiger partial charge in [-0.3, -0.25) is 0 Å². The second-order valence-corrected chi connectivity index (χ2v) is 5.99. The fourth-order valence-corrected chi connectivity index (χ4v) is 2.87. The second-order valence-electron chi connectivity index (χ2n) is 5.99. The average Bonchev–Trinajstić information content (AvgIpc) is 2.30. The van der Waals surface area contributed by atoms with Crippen LogP contribution in [0.5, 0.6) is 0 Å². The van der Waals surface area contributed by atoms with Crippen LogP contribution in [-0.4, -0.2) is 26.3 Å². The average molecular weight is 241 g/mol. The third-order valence-electron chi connectivity index (χ3n) is 3.67. The summed E-state index contributed by atoms with van der Waals surface area (Å²) in [5.41, 5.74) is 0. The van der Waals surface area contributed by atoms with Crippen molar-refractivity contribution in [2.24, 2.45) is 17.8 Å². The summed E-state index contributed by atoms with van der Waals surface area (Å²) in [5, 5.41) is 3.60. The van der Waals surface area contributed by atoms with Crippen LogP contribution in [0.4, 0.5) is 0 Å². The molecule has 1 saturated heterocycles. The lowest BCUT2D eigenvalue weighted by molar-refractivity contribution is 0.0573. The van der Waals surface area contributed by atoms with Crippen LogP contribution in [0, 0.1) is 17.8 Å². The molecule has 0 aromatic rings. The highest BCUT2D eigenvalue weighted by Crippen LogP contribution is 2.26. The lowest BCUT2D eigenvalue weighted by Crippen LogP contribution is -2.28. The van der Waals surface area contributed by atoms with E-state index in [9.17, 15) is 0 Å². The molecule has 0 aromatic carbocycles. The number of hydrogen-bond acceptors (Lipinski definition) is 2. The summed E-state index contributed by atoms with van der Waals surface area (Å²) in [6.45, 7) is 11.3. The molecule has 1 heterocycles. The molecule has 0 spiro atoms. The van der Waals surface area contributed by atoms with Crippen LogP contribution >= 0.6 is 0 Å². The molecule has 1 fully saturated rings. The van der Waals surface area contributed by atoms with Gasteiger partial charge in [0.05, 0.1) is 0 Å². The minimum absolute atomic E-state index is 0.822. The Morgan fingerprint density at radius 1 is 1.24 bits per heavy atom. The molecule has 0 amide bonds. The maximum Gasteiger partial charge on any atom is 0.0468 e. The Bertz CT molecular complexity index is 176. The third-order valence-corrected chi connectivity index (χ3v) is 3.67. The van der Waals surface area contributed by atoms with Gasteiger partial charge >= 0.3 is 0 Å². The number of rotatable bonds is 8. The van der Waals surface area contributed by atoms with Crippen LogP contribution in [0.15, 0.2) is 0 Å². The van der Waals surface area contributed by atoms with Crippen LogP contribution in [0.1, 0.15) is 52.9 Å². The normalized spacial score (nSPS) is 19.8. The summed E-state index contributed by atoms with van der Waals surface area (Å²) in [4.78, 5) is 0. The van der Waals surface area contributed by atoms with Gasteiger partial charge in [-0.2, -0.15) is 0 Å². The minimum atomic E-state index is 0.822. The lowest BCUT2D eigenvalue weighted by atomic mass is 9.84. The van der Waals surface area contributed by atoms with Crippen LogP contribution in [0.3, 0.4) is 0 Å². The van der Waals surface area contributed by atoms with Gasteiger partial charge in [-0.25, -0.2) is 0 Å². The zero-order valence-corrected chi connectivity index (χ0v) is 12.0. The van der Waals surface area contributed by atoms with Crippen molar-refractivity contribution >= 4 is 0 Å². The van der Waals surface area contributed by atoms with E-state index in [1.54, 1.807) is 0 Å². The van der Waals surface area contributed by atoms with E-state index in [1.165, 1.54) is 45.2 Å². The highest BCUT2D eigenvalue weighted by molar-refractivity contribution is 4.72. The monoisotopic (exact) mass is 241 g/mol. The molecule has 2 nitrogen and oxygen atoms in total. The maximum absolute atomic E-state index is 5.45. The smallest absolute Gasteiger partial charge is 0.0468 e. The molecule has 1 N–H and O–H groups in total. The van der Waals surface area contributed by atoms with E-state index in [4.69, 9.17) is 4.74 Å². The molecule has 0 aromatic heterocycles. The third kappa shape index (κ3) is 7.05. The molecule has 102 valence electrons. The topological polar surface area (TPSA) is 21.3 Å². The first-order chi connectivity index (χ1) is 8.22. The molecule has 1 rings (SSSR count). The van der Waals surface area contributed by atoms with Crippen molar-refractivity contribution in [1.82, 2.24) is 5.32 Å². The summed E-state index contributed by atoms with van der Waals surface area (Å²) in [7, 11) is 0. The van der Waals surface area contributed by atoms with Gasteiger partial charge < -0.3 is 10.1 Å². The largest absolute Gasteiger partial charge is 0.381 e. The first kappa shape index (κ1) is 15.0. The van der Waals surface area contributed by atoms with Gasteiger partial charge in [0.1, 0.15) is 0 Å². The Labute approximate surface area is 108 Å². The lowest BCUT2D eigenvalue weighted by Gasteiger charge is -2.28. The SMILES string of the molecule is CCCNCC(CC(C)C)CC1CCOCC1. The summed E-state index contributed by atoms with van der Waals surface area (Å²) in [6, 6.07) is 0. The quantitative estimate of drug-likeness (QED) is 0.657. The fraction of sp³-hybridized carbons (Fsp3) is 1.00. The maximum atomic E-state index is 5.45. The molecule has 0 aliphatic carbocycles. The van der Waals surface area contributed by atoms with Gasteiger partial charge in [-0.1, -0.05) is 20.8 Å². The molecule has 0 bridgehead atoms. The Balaban J connectivity index is 2.27. The zero-order valence-electron chi connectivity index (χ0n) is 12.0. The van der Waals surface area contributed by atoms with E-state index < -0.39 is 0 Å².